The van der Waals surface area contributed by atoms with Gasteiger partial charge in [-0.3, -0.25) is 9.98 Å². The van der Waals surface area contributed by atoms with Crippen LogP contribution in [-0.2, 0) is 12.8 Å². The van der Waals surface area contributed by atoms with Crippen molar-refractivity contribution >= 4 is 17.6 Å². The molecule has 1 aromatic heterocycles. The highest BCUT2D eigenvalue weighted by Crippen LogP contribution is 2.09. The molecule has 4 nitrogen and oxygen atoms in total. The number of halogens is 1. The minimum Gasteiger partial charge on any atom is -0.356 e. The van der Waals surface area contributed by atoms with Crippen LogP contribution in [0.15, 0.2) is 53.7 Å². The number of nitrogens with zero attached hydrogens (tertiary/aromatic N) is 2. The fourth-order valence-electron chi connectivity index (χ4n) is 2.05. The molecule has 0 amide bonds. The Balaban J connectivity index is 1.68. The molecular formula is C17H21ClN4. The molecule has 0 aliphatic carbocycles. The van der Waals surface area contributed by atoms with Crippen molar-refractivity contribution < 1.29 is 0 Å². The topological polar surface area (TPSA) is 49.3 Å². The maximum atomic E-state index is 5.88. The average Bonchev–Trinajstić information content (AvgIpc) is 2.56. The predicted molar refractivity (Wildman–Crippen MR) is 92.5 cm³/mol. The van der Waals surface area contributed by atoms with Gasteiger partial charge in [-0.15, -0.1) is 0 Å². The Morgan fingerprint density at radius 2 is 1.77 bits per heavy atom. The lowest BCUT2D eigenvalue weighted by atomic mass is 10.1. The molecule has 0 fully saturated rings. The van der Waals surface area contributed by atoms with Gasteiger partial charge in [0.1, 0.15) is 0 Å². The van der Waals surface area contributed by atoms with E-state index in [4.69, 9.17) is 11.6 Å². The van der Waals surface area contributed by atoms with Crippen LogP contribution in [0, 0.1) is 0 Å². The van der Waals surface area contributed by atoms with Gasteiger partial charge in [0.15, 0.2) is 5.96 Å². The Morgan fingerprint density at radius 1 is 1.05 bits per heavy atom. The van der Waals surface area contributed by atoms with Crippen LogP contribution >= 0.6 is 11.6 Å². The van der Waals surface area contributed by atoms with Crippen molar-refractivity contribution in [3.8, 4) is 0 Å². The van der Waals surface area contributed by atoms with Crippen LogP contribution in [0.1, 0.15) is 11.3 Å². The summed E-state index contributed by atoms with van der Waals surface area (Å²) in [4.78, 5) is 8.52. The third-order valence-corrected chi connectivity index (χ3v) is 3.49. The number of guanidine groups is 1. The molecule has 116 valence electrons. The summed E-state index contributed by atoms with van der Waals surface area (Å²) < 4.78 is 0. The summed E-state index contributed by atoms with van der Waals surface area (Å²) in [5.41, 5.74) is 2.33. The zero-order valence-corrected chi connectivity index (χ0v) is 13.5. The van der Waals surface area contributed by atoms with Gasteiger partial charge in [-0.2, -0.15) is 0 Å². The molecule has 1 aromatic carbocycles. The van der Waals surface area contributed by atoms with Crippen molar-refractivity contribution in [1.82, 2.24) is 15.6 Å². The van der Waals surface area contributed by atoms with Crippen molar-refractivity contribution in [2.24, 2.45) is 4.99 Å². The molecule has 0 saturated heterocycles. The van der Waals surface area contributed by atoms with Crippen molar-refractivity contribution in [2.45, 2.75) is 12.8 Å². The molecule has 2 aromatic rings. The van der Waals surface area contributed by atoms with Crippen LogP contribution in [0.25, 0.3) is 0 Å². The van der Waals surface area contributed by atoms with E-state index in [2.05, 4.69) is 20.6 Å². The van der Waals surface area contributed by atoms with Crippen LogP contribution in [-0.4, -0.2) is 31.1 Å². The number of nitrogens with one attached hydrogen (secondary N) is 2. The first kappa shape index (κ1) is 16.3. The van der Waals surface area contributed by atoms with Gasteiger partial charge in [-0.25, -0.2) is 0 Å². The van der Waals surface area contributed by atoms with E-state index in [9.17, 15) is 0 Å². The average molecular weight is 317 g/mol. The van der Waals surface area contributed by atoms with E-state index in [0.717, 1.165) is 42.6 Å². The van der Waals surface area contributed by atoms with Crippen LogP contribution in [0.2, 0.25) is 5.02 Å². The van der Waals surface area contributed by atoms with Gasteiger partial charge in [-0.1, -0.05) is 29.8 Å². The summed E-state index contributed by atoms with van der Waals surface area (Å²) in [5, 5.41) is 7.36. The van der Waals surface area contributed by atoms with E-state index in [0.29, 0.717) is 0 Å². The summed E-state index contributed by atoms with van der Waals surface area (Å²) in [5.74, 6) is 0.810. The molecule has 0 bridgehead atoms. The number of hydrogen-bond acceptors (Lipinski definition) is 2. The molecule has 0 aliphatic rings. The summed E-state index contributed by atoms with van der Waals surface area (Å²) >= 11 is 5.88. The molecule has 5 heteroatoms. The molecule has 22 heavy (non-hydrogen) atoms. The fraction of sp³-hybridized carbons (Fsp3) is 0.294. The number of hydrogen-bond donors (Lipinski definition) is 2. The molecule has 0 unspecified atom stereocenters. The molecular weight excluding hydrogens is 296 g/mol. The van der Waals surface area contributed by atoms with Crippen LogP contribution < -0.4 is 10.6 Å². The Morgan fingerprint density at radius 3 is 2.41 bits per heavy atom. The molecule has 0 spiro atoms. The minimum absolute atomic E-state index is 0.767. The SMILES string of the molecule is CN=C(NCCc1ccc(Cl)cc1)NCCc1ccccn1. The molecule has 0 radical (unpaired) electrons. The van der Waals surface area contributed by atoms with E-state index >= 15 is 0 Å². The van der Waals surface area contributed by atoms with Crippen LogP contribution in [0.4, 0.5) is 0 Å². The van der Waals surface area contributed by atoms with E-state index in [-0.39, 0.29) is 0 Å². The van der Waals surface area contributed by atoms with Gasteiger partial charge in [0, 0.05) is 43.5 Å². The first-order valence-electron chi connectivity index (χ1n) is 7.37. The Kier molecular flexibility index (Phi) is 6.71. The number of aromatic nitrogens is 1. The maximum absolute atomic E-state index is 5.88. The van der Waals surface area contributed by atoms with Gasteiger partial charge in [0.25, 0.3) is 0 Å². The van der Waals surface area contributed by atoms with Gasteiger partial charge >= 0.3 is 0 Å². The van der Waals surface area contributed by atoms with Gasteiger partial charge < -0.3 is 10.6 Å². The fourth-order valence-corrected chi connectivity index (χ4v) is 2.18. The largest absolute Gasteiger partial charge is 0.356 e. The summed E-state index contributed by atoms with van der Waals surface area (Å²) in [6.45, 7) is 1.63. The van der Waals surface area contributed by atoms with Gasteiger partial charge in [0.05, 0.1) is 0 Å². The van der Waals surface area contributed by atoms with Crippen LogP contribution in [0.3, 0.4) is 0 Å². The van der Waals surface area contributed by atoms with Crippen molar-refractivity contribution in [3.63, 3.8) is 0 Å². The highest BCUT2D eigenvalue weighted by atomic mass is 35.5. The van der Waals surface area contributed by atoms with Gasteiger partial charge in [0.2, 0.25) is 0 Å². The number of pyridine rings is 1. The molecule has 2 rings (SSSR count). The normalized spacial score (nSPS) is 11.3. The zero-order chi connectivity index (χ0) is 15.6. The number of rotatable bonds is 6. The second-order valence-electron chi connectivity index (χ2n) is 4.87. The van der Waals surface area contributed by atoms with Crippen molar-refractivity contribution in [2.75, 3.05) is 20.1 Å². The lowest BCUT2D eigenvalue weighted by molar-refractivity contribution is 0.776. The lowest BCUT2D eigenvalue weighted by Crippen LogP contribution is -2.39. The second kappa shape index (κ2) is 9.05. The standard InChI is InChI=1S/C17H21ClN4/c1-19-17(22-13-10-16-4-2-3-11-20-16)21-12-9-14-5-7-15(18)8-6-14/h2-8,11H,9-10,12-13H2,1H3,(H2,19,21,22). The summed E-state index contributed by atoms with van der Waals surface area (Å²) in [6.07, 6.45) is 3.62. The maximum Gasteiger partial charge on any atom is 0.190 e. The Hall–Kier alpha value is -2.07. The number of aliphatic imine (C=N–C) groups is 1. The van der Waals surface area contributed by atoms with E-state index in [1.807, 2.05) is 48.7 Å². The summed E-state index contributed by atoms with van der Waals surface area (Å²) in [7, 11) is 1.78. The van der Waals surface area contributed by atoms with Crippen molar-refractivity contribution in [3.05, 3.63) is 64.9 Å². The zero-order valence-electron chi connectivity index (χ0n) is 12.7. The monoisotopic (exact) mass is 316 g/mol. The molecule has 0 aliphatic heterocycles. The highest BCUT2D eigenvalue weighted by Gasteiger charge is 1.99. The van der Waals surface area contributed by atoms with Crippen LogP contribution in [0.5, 0.6) is 0 Å². The quantitative estimate of drug-likeness (QED) is 0.636. The smallest absolute Gasteiger partial charge is 0.190 e. The van der Waals surface area contributed by atoms with Crippen molar-refractivity contribution in [1.29, 1.82) is 0 Å². The predicted octanol–water partition coefficient (Wildman–Crippen LogP) is 2.69. The first-order chi connectivity index (χ1) is 10.8. The molecule has 0 saturated carbocycles. The second-order valence-corrected chi connectivity index (χ2v) is 5.31. The number of benzene rings is 1. The van der Waals surface area contributed by atoms with E-state index < -0.39 is 0 Å². The molecule has 0 atom stereocenters. The highest BCUT2D eigenvalue weighted by molar-refractivity contribution is 6.30. The lowest BCUT2D eigenvalue weighted by Gasteiger charge is -2.11. The van der Waals surface area contributed by atoms with E-state index in [1.165, 1.54) is 5.56 Å². The first-order valence-corrected chi connectivity index (χ1v) is 7.74. The molecule has 2 N–H and O–H groups in total. The third kappa shape index (κ3) is 5.74. The third-order valence-electron chi connectivity index (χ3n) is 3.24. The minimum atomic E-state index is 0.767. The van der Waals surface area contributed by atoms with Gasteiger partial charge in [-0.05, 0) is 36.2 Å². The Labute approximate surface area is 136 Å². The Bertz CT molecular complexity index is 581. The summed E-state index contributed by atoms with van der Waals surface area (Å²) in [6, 6.07) is 13.9. The van der Waals surface area contributed by atoms with E-state index in [1.54, 1.807) is 7.05 Å². The molecule has 1 heterocycles.